The second-order valence-electron chi connectivity index (χ2n) is 6.97. The molecule has 0 saturated carbocycles. The molecular weight excluding hydrogens is 364 g/mol. The minimum absolute atomic E-state index is 0.691. The van der Waals surface area contributed by atoms with E-state index in [0.717, 1.165) is 40.1 Å². The number of hydrogen-bond acceptors (Lipinski definition) is 5. The van der Waals surface area contributed by atoms with E-state index in [0.29, 0.717) is 6.54 Å². The van der Waals surface area contributed by atoms with Crippen molar-refractivity contribution in [1.82, 2.24) is 29.6 Å². The van der Waals surface area contributed by atoms with Gasteiger partial charge in [-0.1, -0.05) is 36.4 Å². The van der Waals surface area contributed by atoms with Gasteiger partial charge >= 0.3 is 0 Å². The monoisotopic (exact) mass is 384 g/mol. The lowest BCUT2D eigenvalue weighted by atomic mass is 10.0. The number of benzene rings is 2. The smallest absolute Gasteiger partial charge is 0.135 e. The molecule has 0 radical (unpaired) electrons. The summed E-state index contributed by atoms with van der Waals surface area (Å²) in [6.45, 7) is 5.75. The fraction of sp³-hybridized carbons (Fsp3) is 0.182. The fourth-order valence-electron chi connectivity index (χ4n) is 3.68. The summed E-state index contributed by atoms with van der Waals surface area (Å²) in [6, 6.07) is 16.2. The standard InChI is InChI=1S/C22H20N6O/c1-3-28-15(2)18(12-24-28)13-27-14-23-21(16-7-5-4-6-8-16)22(27)17-9-10-19-20(11-17)26-29-25-19/h4-12,14H,3,13H2,1-2H3. The topological polar surface area (TPSA) is 74.6 Å². The predicted octanol–water partition coefficient (Wildman–Crippen LogP) is 4.33. The molecule has 0 unspecified atom stereocenters. The summed E-state index contributed by atoms with van der Waals surface area (Å²) in [6.07, 6.45) is 3.83. The van der Waals surface area contributed by atoms with Gasteiger partial charge < -0.3 is 4.57 Å². The largest absolute Gasteiger partial charge is 0.325 e. The molecule has 29 heavy (non-hydrogen) atoms. The van der Waals surface area contributed by atoms with Gasteiger partial charge in [-0.15, -0.1) is 0 Å². The molecule has 0 aliphatic rings. The van der Waals surface area contributed by atoms with Crippen molar-refractivity contribution in [2.24, 2.45) is 0 Å². The van der Waals surface area contributed by atoms with E-state index in [2.05, 4.69) is 46.0 Å². The average Bonchev–Trinajstić information content (AvgIpc) is 3.47. The molecular formula is C22H20N6O. The van der Waals surface area contributed by atoms with Crippen LogP contribution in [0, 0.1) is 6.92 Å². The van der Waals surface area contributed by atoms with Crippen molar-refractivity contribution in [3.63, 3.8) is 0 Å². The van der Waals surface area contributed by atoms with Gasteiger partial charge in [0.1, 0.15) is 11.0 Å². The molecule has 0 aliphatic carbocycles. The van der Waals surface area contributed by atoms with Gasteiger partial charge in [-0.2, -0.15) is 5.10 Å². The Morgan fingerprint density at radius 1 is 0.966 bits per heavy atom. The fourth-order valence-corrected chi connectivity index (χ4v) is 3.68. The van der Waals surface area contributed by atoms with Crippen LogP contribution in [0.3, 0.4) is 0 Å². The third-order valence-corrected chi connectivity index (χ3v) is 5.26. The molecule has 0 aliphatic heterocycles. The molecule has 3 aromatic heterocycles. The number of aryl methyl sites for hydroxylation is 1. The highest BCUT2D eigenvalue weighted by Gasteiger charge is 2.18. The first-order valence-corrected chi connectivity index (χ1v) is 9.59. The predicted molar refractivity (Wildman–Crippen MR) is 110 cm³/mol. The van der Waals surface area contributed by atoms with Gasteiger partial charge in [-0.25, -0.2) is 9.61 Å². The molecule has 3 heterocycles. The molecule has 144 valence electrons. The molecule has 0 amide bonds. The zero-order valence-electron chi connectivity index (χ0n) is 16.3. The molecule has 7 nitrogen and oxygen atoms in total. The van der Waals surface area contributed by atoms with Gasteiger partial charge in [0.2, 0.25) is 0 Å². The molecule has 0 fully saturated rings. The lowest BCUT2D eigenvalue weighted by Gasteiger charge is -2.11. The summed E-state index contributed by atoms with van der Waals surface area (Å²) in [4.78, 5) is 4.76. The van der Waals surface area contributed by atoms with Crippen molar-refractivity contribution in [3.05, 3.63) is 72.3 Å². The molecule has 0 saturated heterocycles. The van der Waals surface area contributed by atoms with Crippen LogP contribution in [-0.4, -0.2) is 29.6 Å². The van der Waals surface area contributed by atoms with E-state index in [1.165, 1.54) is 11.3 Å². The summed E-state index contributed by atoms with van der Waals surface area (Å²) < 4.78 is 9.05. The molecule has 0 atom stereocenters. The van der Waals surface area contributed by atoms with Crippen LogP contribution in [0.1, 0.15) is 18.2 Å². The van der Waals surface area contributed by atoms with Crippen molar-refractivity contribution in [1.29, 1.82) is 0 Å². The molecule has 0 bridgehead atoms. The molecule has 0 N–H and O–H groups in total. The van der Waals surface area contributed by atoms with Crippen molar-refractivity contribution >= 4 is 11.0 Å². The van der Waals surface area contributed by atoms with Gasteiger partial charge in [0.05, 0.1) is 30.5 Å². The highest BCUT2D eigenvalue weighted by molar-refractivity contribution is 5.85. The van der Waals surface area contributed by atoms with Gasteiger partial charge in [0.25, 0.3) is 0 Å². The van der Waals surface area contributed by atoms with E-state index in [9.17, 15) is 0 Å². The number of imidazole rings is 1. The van der Waals surface area contributed by atoms with E-state index in [1.54, 1.807) is 0 Å². The van der Waals surface area contributed by atoms with Crippen LogP contribution < -0.4 is 0 Å². The number of rotatable bonds is 5. The van der Waals surface area contributed by atoms with Crippen LogP contribution in [0.5, 0.6) is 0 Å². The van der Waals surface area contributed by atoms with Gasteiger partial charge in [0, 0.05) is 28.9 Å². The Bertz CT molecular complexity index is 1280. The SMILES string of the molecule is CCn1ncc(Cn2cnc(-c3ccccc3)c2-c2ccc3nonc3c2)c1C. The molecule has 2 aromatic carbocycles. The second kappa shape index (κ2) is 7.01. The zero-order chi connectivity index (χ0) is 19.8. The van der Waals surface area contributed by atoms with Gasteiger partial charge in [-0.05, 0) is 36.3 Å². The Labute approximate surface area is 167 Å². The van der Waals surface area contributed by atoms with E-state index < -0.39 is 0 Å². The van der Waals surface area contributed by atoms with E-state index >= 15 is 0 Å². The van der Waals surface area contributed by atoms with Gasteiger partial charge in [-0.3, -0.25) is 4.68 Å². The van der Waals surface area contributed by atoms with Crippen LogP contribution in [0.25, 0.3) is 33.5 Å². The normalized spacial score (nSPS) is 11.4. The summed E-state index contributed by atoms with van der Waals surface area (Å²) in [5.41, 5.74) is 7.86. The third-order valence-electron chi connectivity index (χ3n) is 5.26. The molecule has 0 spiro atoms. The minimum Gasteiger partial charge on any atom is -0.325 e. The Hall–Kier alpha value is -3.74. The van der Waals surface area contributed by atoms with Crippen molar-refractivity contribution in [2.75, 3.05) is 0 Å². The van der Waals surface area contributed by atoms with Crippen molar-refractivity contribution in [3.8, 4) is 22.5 Å². The molecule has 5 rings (SSSR count). The maximum atomic E-state index is 4.88. The van der Waals surface area contributed by atoms with Crippen molar-refractivity contribution in [2.45, 2.75) is 26.9 Å². The lowest BCUT2D eigenvalue weighted by molar-refractivity contribution is 0.315. The van der Waals surface area contributed by atoms with Crippen LogP contribution in [0.2, 0.25) is 0 Å². The van der Waals surface area contributed by atoms with Crippen LogP contribution in [0.15, 0.2) is 65.7 Å². The van der Waals surface area contributed by atoms with Crippen molar-refractivity contribution < 1.29 is 4.63 Å². The first-order chi connectivity index (χ1) is 14.2. The third kappa shape index (κ3) is 3.00. The highest BCUT2D eigenvalue weighted by Crippen LogP contribution is 2.33. The molecule has 5 aromatic rings. The highest BCUT2D eigenvalue weighted by atomic mass is 16.6. The quantitative estimate of drug-likeness (QED) is 0.451. The zero-order valence-corrected chi connectivity index (χ0v) is 16.3. The summed E-state index contributed by atoms with van der Waals surface area (Å²) in [5, 5.41) is 12.4. The maximum Gasteiger partial charge on any atom is 0.135 e. The van der Waals surface area contributed by atoms with E-state index in [4.69, 9.17) is 9.61 Å². The minimum atomic E-state index is 0.691. The first kappa shape index (κ1) is 17.4. The van der Waals surface area contributed by atoms with E-state index in [1.807, 2.05) is 53.6 Å². The summed E-state index contributed by atoms with van der Waals surface area (Å²) >= 11 is 0. The Morgan fingerprint density at radius 2 is 1.79 bits per heavy atom. The summed E-state index contributed by atoms with van der Waals surface area (Å²) in [5.74, 6) is 0. The number of aromatic nitrogens is 6. The lowest BCUT2D eigenvalue weighted by Crippen LogP contribution is -2.04. The summed E-state index contributed by atoms with van der Waals surface area (Å²) in [7, 11) is 0. The maximum absolute atomic E-state index is 4.88. The first-order valence-electron chi connectivity index (χ1n) is 9.59. The van der Waals surface area contributed by atoms with Crippen LogP contribution >= 0.6 is 0 Å². The Balaban J connectivity index is 1.66. The Morgan fingerprint density at radius 3 is 2.59 bits per heavy atom. The number of fused-ring (bicyclic) bond motifs is 1. The molecule has 7 heteroatoms. The number of nitrogens with zero attached hydrogens (tertiary/aromatic N) is 6. The average molecular weight is 384 g/mol. The second-order valence-corrected chi connectivity index (χ2v) is 6.97. The van der Waals surface area contributed by atoms with E-state index in [-0.39, 0.29) is 0 Å². The van der Waals surface area contributed by atoms with Crippen LogP contribution in [-0.2, 0) is 13.1 Å². The van der Waals surface area contributed by atoms with Gasteiger partial charge in [0.15, 0.2) is 0 Å². The number of hydrogen-bond donors (Lipinski definition) is 0. The van der Waals surface area contributed by atoms with Crippen LogP contribution in [0.4, 0.5) is 0 Å². The Kier molecular flexibility index (Phi) is 4.20.